The summed E-state index contributed by atoms with van der Waals surface area (Å²) in [6, 6.07) is 16.8. The van der Waals surface area contributed by atoms with Crippen molar-refractivity contribution in [3.05, 3.63) is 105 Å². The first-order valence-corrected chi connectivity index (χ1v) is 10.6. The van der Waals surface area contributed by atoms with Gasteiger partial charge in [0, 0.05) is 18.5 Å². The van der Waals surface area contributed by atoms with Gasteiger partial charge >= 0.3 is 0 Å². The topological polar surface area (TPSA) is 41.9 Å². The van der Waals surface area contributed by atoms with Crippen LogP contribution < -0.4 is 0 Å². The fourth-order valence-corrected chi connectivity index (χ4v) is 3.75. The van der Waals surface area contributed by atoms with Gasteiger partial charge in [0.15, 0.2) is 6.10 Å². The molecule has 4 rings (SSSR count). The van der Waals surface area contributed by atoms with Crippen LogP contribution in [0.5, 0.6) is 0 Å². The minimum atomic E-state index is -0.610. The Kier molecular flexibility index (Phi) is 6.72. The lowest BCUT2D eigenvalue weighted by Crippen LogP contribution is -2.37. The zero-order valence-corrected chi connectivity index (χ0v) is 18.3. The fraction of sp³-hybridized carbons (Fsp3) is 0.167. The van der Waals surface area contributed by atoms with Crippen molar-refractivity contribution in [2.45, 2.75) is 19.1 Å². The standard InChI is InChI=1S/C24H18Cl2F2N2O2/c25-20-10-7-16(11-21(20)26)23-12-18(32-29-23)14-30(13-15-5-8-17(27)9-6-15)24(31)19-3-1-2-4-22(19)28/h1-11,18H,12-14H2. The van der Waals surface area contributed by atoms with Crippen molar-refractivity contribution >= 4 is 34.8 Å². The molecule has 3 aromatic rings. The lowest BCUT2D eigenvalue weighted by atomic mass is 10.0. The molecule has 0 N–H and O–H groups in total. The normalized spacial score (nSPS) is 15.2. The van der Waals surface area contributed by atoms with Gasteiger partial charge in [0.25, 0.3) is 5.91 Å². The summed E-state index contributed by atoms with van der Waals surface area (Å²) < 4.78 is 27.6. The third-order valence-electron chi connectivity index (χ3n) is 5.09. The van der Waals surface area contributed by atoms with Gasteiger partial charge in [0.1, 0.15) is 11.6 Å². The van der Waals surface area contributed by atoms with Crippen molar-refractivity contribution in [1.29, 1.82) is 0 Å². The average Bonchev–Trinajstić information content (AvgIpc) is 3.25. The second kappa shape index (κ2) is 9.67. The van der Waals surface area contributed by atoms with Crippen LogP contribution in [0.2, 0.25) is 10.0 Å². The molecule has 0 radical (unpaired) electrons. The van der Waals surface area contributed by atoms with E-state index in [1.54, 1.807) is 36.4 Å². The second-order valence-corrected chi connectivity index (χ2v) is 8.20. The molecule has 164 valence electrons. The van der Waals surface area contributed by atoms with Crippen molar-refractivity contribution in [1.82, 2.24) is 4.90 Å². The van der Waals surface area contributed by atoms with E-state index in [9.17, 15) is 13.6 Å². The van der Waals surface area contributed by atoms with Crippen LogP contribution in [0, 0.1) is 11.6 Å². The summed E-state index contributed by atoms with van der Waals surface area (Å²) in [5.74, 6) is -1.47. The molecule has 1 amide bonds. The van der Waals surface area contributed by atoms with Gasteiger partial charge in [-0.1, -0.05) is 58.7 Å². The van der Waals surface area contributed by atoms with Gasteiger partial charge < -0.3 is 9.74 Å². The number of oxime groups is 1. The van der Waals surface area contributed by atoms with E-state index in [0.717, 1.165) is 5.56 Å². The molecule has 0 spiro atoms. The van der Waals surface area contributed by atoms with Crippen molar-refractivity contribution in [3.8, 4) is 0 Å². The van der Waals surface area contributed by atoms with Crippen LogP contribution in [0.15, 0.2) is 71.9 Å². The first-order valence-electron chi connectivity index (χ1n) is 9.87. The van der Waals surface area contributed by atoms with Crippen LogP contribution in [0.1, 0.15) is 27.9 Å². The van der Waals surface area contributed by atoms with Gasteiger partial charge in [-0.25, -0.2) is 8.78 Å². The Morgan fingerprint density at radius 2 is 1.78 bits per heavy atom. The molecular weight excluding hydrogens is 457 g/mol. The number of rotatable bonds is 6. The van der Waals surface area contributed by atoms with Crippen molar-refractivity contribution in [3.63, 3.8) is 0 Å². The Balaban J connectivity index is 1.52. The summed E-state index contributed by atoms with van der Waals surface area (Å²) in [6.45, 7) is 0.328. The van der Waals surface area contributed by atoms with Crippen LogP contribution in [0.25, 0.3) is 0 Å². The summed E-state index contributed by atoms with van der Waals surface area (Å²) in [7, 11) is 0. The summed E-state index contributed by atoms with van der Waals surface area (Å²) >= 11 is 12.1. The predicted octanol–water partition coefficient (Wildman–Crippen LogP) is 6.11. The van der Waals surface area contributed by atoms with E-state index in [0.29, 0.717) is 27.7 Å². The van der Waals surface area contributed by atoms with E-state index in [-0.39, 0.29) is 24.5 Å². The Morgan fingerprint density at radius 3 is 2.50 bits per heavy atom. The molecule has 1 aliphatic rings. The van der Waals surface area contributed by atoms with E-state index in [1.807, 2.05) is 0 Å². The zero-order valence-electron chi connectivity index (χ0n) is 16.8. The first-order chi connectivity index (χ1) is 15.4. The smallest absolute Gasteiger partial charge is 0.257 e. The van der Waals surface area contributed by atoms with Crippen molar-refractivity contribution < 1.29 is 18.4 Å². The molecule has 1 heterocycles. The fourth-order valence-electron chi connectivity index (χ4n) is 3.45. The lowest BCUT2D eigenvalue weighted by Gasteiger charge is -2.25. The molecular formula is C24H18Cl2F2N2O2. The second-order valence-electron chi connectivity index (χ2n) is 7.39. The lowest BCUT2D eigenvalue weighted by molar-refractivity contribution is 0.0402. The van der Waals surface area contributed by atoms with Gasteiger partial charge in [-0.3, -0.25) is 4.79 Å². The third kappa shape index (κ3) is 5.09. The molecule has 0 saturated heterocycles. The molecule has 0 bridgehead atoms. The van der Waals surface area contributed by atoms with E-state index < -0.39 is 17.8 Å². The Labute approximate surface area is 194 Å². The number of hydrogen-bond donors (Lipinski definition) is 0. The highest BCUT2D eigenvalue weighted by molar-refractivity contribution is 6.42. The quantitative estimate of drug-likeness (QED) is 0.432. The monoisotopic (exact) mass is 474 g/mol. The summed E-state index contributed by atoms with van der Waals surface area (Å²) in [6.07, 6.45) is -0.00164. The first kappa shape index (κ1) is 22.2. The number of halogens is 4. The number of carbonyl (C=O) groups excluding carboxylic acids is 1. The van der Waals surface area contributed by atoms with Crippen LogP contribution in [-0.4, -0.2) is 29.2 Å². The van der Waals surface area contributed by atoms with Gasteiger partial charge in [-0.05, 0) is 42.0 Å². The number of nitrogens with zero attached hydrogens (tertiary/aromatic N) is 2. The van der Waals surface area contributed by atoms with Crippen LogP contribution in [0.4, 0.5) is 8.78 Å². The Bertz CT molecular complexity index is 1170. The van der Waals surface area contributed by atoms with E-state index in [2.05, 4.69) is 5.16 Å². The molecule has 8 heteroatoms. The van der Waals surface area contributed by atoms with Crippen LogP contribution >= 0.6 is 23.2 Å². The Hall–Kier alpha value is -2.96. The zero-order chi connectivity index (χ0) is 22.7. The largest absolute Gasteiger partial charge is 0.390 e. The summed E-state index contributed by atoms with van der Waals surface area (Å²) in [5.41, 5.74) is 2.11. The van der Waals surface area contributed by atoms with Crippen molar-refractivity contribution in [2.75, 3.05) is 6.54 Å². The SMILES string of the molecule is O=C(c1ccccc1F)N(Cc1ccc(F)cc1)CC1CC(c2ccc(Cl)c(Cl)c2)=NO1. The number of hydrogen-bond acceptors (Lipinski definition) is 3. The maximum Gasteiger partial charge on any atom is 0.257 e. The highest BCUT2D eigenvalue weighted by Crippen LogP contribution is 2.26. The molecule has 4 nitrogen and oxygen atoms in total. The summed E-state index contributed by atoms with van der Waals surface area (Å²) in [5, 5.41) is 4.98. The molecule has 32 heavy (non-hydrogen) atoms. The maximum absolute atomic E-state index is 14.3. The van der Waals surface area contributed by atoms with E-state index in [4.69, 9.17) is 28.0 Å². The molecule has 0 aromatic heterocycles. The minimum absolute atomic E-state index is 0.0433. The highest BCUT2D eigenvalue weighted by atomic mass is 35.5. The highest BCUT2D eigenvalue weighted by Gasteiger charge is 2.28. The maximum atomic E-state index is 14.3. The molecule has 1 aliphatic heterocycles. The molecule has 0 saturated carbocycles. The van der Waals surface area contributed by atoms with Gasteiger partial charge in [-0.15, -0.1) is 0 Å². The van der Waals surface area contributed by atoms with Gasteiger partial charge in [-0.2, -0.15) is 0 Å². The van der Waals surface area contributed by atoms with E-state index >= 15 is 0 Å². The third-order valence-corrected chi connectivity index (χ3v) is 5.83. The molecule has 0 aliphatic carbocycles. The number of amides is 1. The molecule has 3 aromatic carbocycles. The van der Waals surface area contributed by atoms with Gasteiger partial charge in [0.2, 0.25) is 0 Å². The molecule has 1 atom stereocenters. The average molecular weight is 475 g/mol. The number of benzene rings is 3. The van der Waals surface area contributed by atoms with Gasteiger partial charge in [0.05, 0.1) is 27.9 Å². The predicted molar refractivity (Wildman–Crippen MR) is 120 cm³/mol. The molecule has 1 unspecified atom stereocenters. The van der Waals surface area contributed by atoms with E-state index in [1.165, 1.54) is 35.2 Å². The Morgan fingerprint density at radius 1 is 1.03 bits per heavy atom. The summed E-state index contributed by atoms with van der Waals surface area (Å²) in [4.78, 5) is 20.2. The minimum Gasteiger partial charge on any atom is -0.390 e. The molecule has 0 fully saturated rings. The van der Waals surface area contributed by atoms with Crippen LogP contribution in [-0.2, 0) is 11.4 Å². The van der Waals surface area contributed by atoms with Crippen LogP contribution in [0.3, 0.4) is 0 Å². The number of carbonyl (C=O) groups is 1. The van der Waals surface area contributed by atoms with Crippen molar-refractivity contribution in [2.24, 2.45) is 5.16 Å².